The molecule has 2 rings (SSSR count). The maximum Gasteiger partial charge on any atom is 0.145 e. The number of nitrogen functional groups attached to an aromatic ring is 1. The maximum absolute atomic E-state index is 5.64. The van der Waals surface area contributed by atoms with Crippen LogP contribution in [0.15, 0.2) is 12.4 Å². The Hall–Kier alpha value is -1.40. The maximum atomic E-state index is 5.64. The normalized spacial score (nSPS) is 23.6. The van der Waals surface area contributed by atoms with E-state index in [0.717, 1.165) is 31.8 Å². The Morgan fingerprint density at radius 2 is 2.29 bits per heavy atom. The van der Waals surface area contributed by atoms with E-state index < -0.39 is 0 Å². The standard InChI is InChI=1S/C11H19N5O/c1-2-9-8(3-4-17-9)6-13-10-5-11(16-12)15-7-14-10/h5,7-9H,2-4,6,12H2,1H3,(H2,13,14,15,16). The third kappa shape index (κ3) is 3.04. The number of anilines is 2. The van der Waals surface area contributed by atoms with E-state index in [0.29, 0.717) is 17.8 Å². The summed E-state index contributed by atoms with van der Waals surface area (Å²) in [5.74, 6) is 7.25. The number of nitrogens with zero attached hydrogens (tertiary/aromatic N) is 2. The van der Waals surface area contributed by atoms with E-state index in [4.69, 9.17) is 10.6 Å². The van der Waals surface area contributed by atoms with Crippen LogP contribution in [0.3, 0.4) is 0 Å². The molecule has 0 bridgehead atoms. The lowest BCUT2D eigenvalue weighted by atomic mass is 10.00. The van der Waals surface area contributed by atoms with Gasteiger partial charge in [-0.25, -0.2) is 15.8 Å². The van der Waals surface area contributed by atoms with Gasteiger partial charge in [0.15, 0.2) is 0 Å². The van der Waals surface area contributed by atoms with E-state index in [1.807, 2.05) is 0 Å². The number of ether oxygens (including phenoxy) is 1. The molecule has 0 spiro atoms. The van der Waals surface area contributed by atoms with Crippen LogP contribution in [-0.4, -0.2) is 29.2 Å². The van der Waals surface area contributed by atoms with Crippen molar-refractivity contribution in [2.45, 2.75) is 25.9 Å². The quantitative estimate of drug-likeness (QED) is 0.523. The molecular weight excluding hydrogens is 218 g/mol. The minimum Gasteiger partial charge on any atom is -0.378 e. The molecule has 1 aliphatic heterocycles. The molecule has 1 saturated heterocycles. The molecule has 0 amide bonds. The van der Waals surface area contributed by atoms with Crippen molar-refractivity contribution in [3.05, 3.63) is 12.4 Å². The Kier molecular flexibility index (Phi) is 4.11. The second-order valence-electron chi connectivity index (χ2n) is 4.18. The van der Waals surface area contributed by atoms with E-state index in [9.17, 15) is 0 Å². The van der Waals surface area contributed by atoms with E-state index in [1.54, 1.807) is 6.07 Å². The molecule has 0 aromatic carbocycles. The zero-order chi connectivity index (χ0) is 12.1. The predicted molar refractivity (Wildman–Crippen MR) is 66.5 cm³/mol. The highest BCUT2D eigenvalue weighted by Crippen LogP contribution is 2.23. The Balaban J connectivity index is 1.88. The van der Waals surface area contributed by atoms with Crippen molar-refractivity contribution in [1.29, 1.82) is 0 Å². The van der Waals surface area contributed by atoms with Gasteiger partial charge in [-0.1, -0.05) is 6.92 Å². The lowest BCUT2D eigenvalue weighted by Gasteiger charge is -2.17. The first-order valence-corrected chi connectivity index (χ1v) is 5.97. The van der Waals surface area contributed by atoms with Crippen molar-refractivity contribution in [1.82, 2.24) is 9.97 Å². The summed E-state index contributed by atoms with van der Waals surface area (Å²) in [5, 5.41) is 3.30. The van der Waals surface area contributed by atoms with Gasteiger partial charge in [0, 0.05) is 25.1 Å². The largest absolute Gasteiger partial charge is 0.378 e. The minimum atomic E-state index is 0.372. The highest BCUT2D eigenvalue weighted by Gasteiger charge is 2.26. The van der Waals surface area contributed by atoms with E-state index in [2.05, 4.69) is 27.6 Å². The number of nitrogens with one attached hydrogen (secondary N) is 2. The summed E-state index contributed by atoms with van der Waals surface area (Å²) < 4.78 is 5.64. The fraction of sp³-hybridized carbons (Fsp3) is 0.636. The Bertz CT molecular complexity index is 359. The van der Waals surface area contributed by atoms with Gasteiger partial charge in [0.25, 0.3) is 0 Å². The van der Waals surface area contributed by atoms with Gasteiger partial charge in [-0.15, -0.1) is 0 Å². The van der Waals surface area contributed by atoms with Crippen molar-refractivity contribution in [3.63, 3.8) is 0 Å². The van der Waals surface area contributed by atoms with Crippen LogP contribution < -0.4 is 16.6 Å². The first-order chi connectivity index (χ1) is 8.33. The van der Waals surface area contributed by atoms with Gasteiger partial charge in [0.1, 0.15) is 18.0 Å². The molecule has 2 unspecified atom stereocenters. The smallest absolute Gasteiger partial charge is 0.145 e. The molecule has 0 radical (unpaired) electrons. The molecular formula is C11H19N5O. The van der Waals surface area contributed by atoms with Gasteiger partial charge in [0.2, 0.25) is 0 Å². The molecule has 94 valence electrons. The zero-order valence-corrected chi connectivity index (χ0v) is 10.0. The molecule has 1 aromatic rings. The Morgan fingerprint density at radius 1 is 1.47 bits per heavy atom. The SMILES string of the molecule is CCC1OCCC1CNc1cc(NN)ncn1. The van der Waals surface area contributed by atoms with Crippen LogP contribution in [0.25, 0.3) is 0 Å². The summed E-state index contributed by atoms with van der Waals surface area (Å²) in [6.07, 6.45) is 4.03. The molecule has 0 aliphatic carbocycles. The second-order valence-corrected chi connectivity index (χ2v) is 4.18. The monoisotopic (exact) mass is 237 g/mol. The molecule has 1 aliphatic rings. The van der Waals surface area contributed by atoms with Gasteiger partial charge >= 0.3 is 0 Å². The summed E-state index contributed by atoms with van der Waals surface area (Å²) in [6.45, 7) is 3.90. The second kappa shape index (κ2) is 5.79. The fourth-order valence-electron chi connectivity index (χ4n) is 2.15. The van der Waals surface area contributed by atoms with Crippen LogP contribution in [0.2, 0.25) is 0 Å². The van der Waals surface area contributed by atoms with Crippen LogP contribution in [0, 0.1) is 5.92 Å². The van der Waals surface area contributed by atoms with E-state index in [-0.39, 0.29) is 0 Å². The van der Waals surface area contributed by atoms with Crippen molar-refractivity contribution in [3.8, 4) is 0 Å². The molecule has 0 saturated carbocycles. The summed E-state index contributed by atoms with van der Waals surface area (Å²) >= 11 is 0. The molecule has 6 nitrogen and oxygen atoms in total. The van der Waals surface area contributed by atoms with Crippen molar-refractivity contribution < 1.29 is 4.74 Å². The van der Waals surface area contributed by atoms with Crippen LogP contribution in [0.4, 0.5) is 11.6 Å². The molecule has 2 heterocycles. The number of hydrazine groups is 1. The van der Waals surface area contributed by atoms with Crippen molar-refractivity contribution in [2.75, 3.05) is 23.9 Å². The zero-order valence-electron chi connectivity index (χ0n) is 10.0. The predicted octanol–water partition coefficient (Wildman–Crippen LogP) is 0.989. The van der Waals surface area contributed by atoms with E-state index in [1.165, 1.54) is 6.33 Å². The summed E-state index contributed by atoms with van der Waals surface area (Å²) in [7, 11) is 0. The van der Waals surface area contributed by atoms with Gasteiger partial charge in [-0.3, -0.25) is 0 Å². The lowest BCUT2D eigenvalue weighted by Crippen LogP contribution is -2.23. The number of nitrogens with two attached hydrogens (primary N) is 1. The van der Waals surface area contributed by atoms with Gasteiger partial charge < -0.3 is 15.5 Å². The number of hydrogen-bond donors (Lipinski definition) is 3. The van der Waals surface area contributed by atoms with Crippen LogP contribution >= 0.6 is 0 Å². The van der Waals surface area contributed by atoms with Crippen molar-refractivity contribution >= 4 is 11.6 Å². The minimum absolute atomic E-state index is 0.372. The van der Waals surface area contributed by atoms with Gasteiger partial charge in [-0.2, -0.15) is 0 Å². The van der Waals surface area contributed by atoms with Gasteiger partial charge in [0.05, 0.1) is 6.10 Å². The van der Waals surface area contributed by atoms with Crippen LogP contribution in [-0.2, 0) is 4.74 Å². The molecule has 1 fully saturated rings. The molecule has 2 atom stereocenters. The highest BCUT2D eigenvalue weighted by molar-refractivity contribution is 5.45. The molecule has 1 aromatic heterocycles. The average molecular weight is 237 g/mol. The first-order valence-electron chi connectivity index (χ1n) is 5.97. The molecule has 6 heteroatoms. The molecule has 4 N–H and O–H groups in total. The highest BCUT2D eigenvalue weighted by atomic mass is 16.5. The third-order valence-electron chi connectivity index (χ3n) is 3.11. The summed E-state index contributed by atoms with van der Waals surface area (Å²) in [6, 6.07) is 1.79. The summed E-state index contributed by atoms with van der Waals surface area (Å²) in [4.78, 5) is 8.10. The Labute approximate surface area is 101 Å². The van der Waals surface area contributed by atoms with Crippen LogP contribution in [0.1, 0.15) is 19.8 Å². The topological polar surface area (TPSA) is 85.1 Å². The van der Waals surface area contributed by atoms with Crippen LogP contribution in [0.5, 0.6) is 0 Å². The lowest BCUT2D eigenvalue weighted by molar-refractivity contribution is 0.0900. The van der Waals surface area contributed by atoms with Crippen molar-refractivity contribution in [2.24, 2.45) is 11.8 Å². The third-order valence-corrected chi connectivity index (χ3v) is 3.11. The number of rotatable bonds is 5. The molecule has 17 heavy (non-hydrogen) atoms. The number of aromatic nitrogens is 2. The van der Waals surface area contributed by atoms with E-state index >= 15 is 0 Å². The Morgan fingerprint density at radius 3 is 3.06 bits per heavy atom. The fourth-order valence-corrected chi connectivity index (χ4v) is 2.15. The number of hydrogen-bond acceptors (Lipinski definition) is 6. The first kappa shape index (κ1) is 12.1. The summed E-state index contributed by atoms with van der Waals surface area (Å²) in [5.41, 5.74) is 2.50. The van der Waals surface area contributed by atoms with Gasteiger partial charge in [-0.05, 0) is 12.8 Å². The average Bonchev–Trinajstić information content (AvgIpc) is 2.84.